The van der Waals surface area contributed by atoms with Crippen LogP contribution in [0.4, 0.5) is 0 Å². The molecule has 0 fully saturated rings. The first-order chi connectivity index (χ1) is 17.2. The molecule has 0 saturated heterocycles. The van der Waals surface area contributed by atoms with E-state index in [0.717, 1.165) is 51.4 Å². The van der Waals surface area contributed by atoms with Crippen LogP contribution in [0.2, 0.25) is 0 Å². The Hall–Kier alpha value is -2.25. The van der Waals surface area contributed by atoms with E-state index in [2.05, 4.69) is 72.2 Å². The molecular formula is C27H43O8P. The first-order valence-electron chi connectivity index (χ1n) is 12.5. The topological polar surface area (TPSA) is 119 Å². The monoisotopic (exact) mass is 526 g/mol. The number of hydrogen-bond acceptors (Lipinski definition) is 6. The van der Waals surface area contributed by atoms with Gasteiger partial charge in [-0.25, -0.2) is 4.57 Å². The maximum atomic E-state index is 12.0. The first kappa shape index (κ1) is 33.8. The molecule has 2 N–H and O–H groups in total. The van der Waals surface area contributed by atoms with Gasteiger partial charge >= 0.3 is 19.8 Å². The number of allylic oxidation sites excluding steroid dienone is 10. The summed E-state index contributed by atoms with van der Waals surface area (Å²) >= 11 is 0. The molecule has 1 atom stereocenters. The summed E-state index contributed by atoms with van der Waals surface area (Å²) < 4.78 is 25.0. The molecule has 0 aliphatic heterocycles. The van der Waals surface area contributed by atoms with Gasteiger partial charge in [0, 0.05) is 13.3 Å². The average Bonchev–Trinajstić information content (AvgIpc) is 2.81. The Morgan fingerprint density at radius 1 is 0.778 bits per heavy atom. The molecule has 0 aliphatic rings. The number of phosphoric acid groups is 1. The Balaban J connectivity index is 3.86. The van der Waals surface area contributed by atoms with Crippen molar-refractivity contribution < 1.29 is 37.9 Å². The molecular weight excluding hydrogens is 483 g/mol. The van der Waals surface area contributed by atoms with Crippen molar-refractivity contribution in [3.63, 3.8) is 0 Å². The number of carbonyl (C=O) groups excluding carboxylic acids is 2. The lowest BCUT2D eigenvalue weighted by Gasteiger charge is -2.18. The van der Waals surface area contributed by atoms with Gasteiger partial charge in [-0.1, -0.05) is 74.1 Å². The van der Waals surface area contributed by atoms with Crippen LogP contribution in [0.15, 0.2) is 60.8 Å². The Kier molecular flexibility index (Phi) is 21.7. The van der Waals surface area contributed by atoms with Gasteiger partial charge in [0.25, 0.3) is 0 Å². The number of phosphoric ester groups is 1. The standard InChI is InChI=1S/C27H43O8P/c1-3-4-5-6-7-8-9-10-11-12-13-14-15-16-17-18-19-20-21-22-27(29)35-26(23-33-25(2)28)24-34-36(30,31)32/h4-5,7-8,10-11,13-14,16-17,26H,3,6,9,12,15,18-24H2,1-2H3,(H2,30,31,32)/b5-4-,8-7-,11-10-,14-13-,17-16-. The van der Waals surface area contributed by atoms with Crippen LogP contribution < -0.4 is 0 Å². The quantitative estimate of drug-likeness (QED) is 0.0777. The van der Waals surface area contributed by atoms with Crippen LogP contribution in [0.25, 0.3) is 0 Å². The van der Waals surface area contributed by atoms with E-state index in [9.17, 15) is 14.2 Å². The highest BCUT2D eigenvalue weighted by Crippen LogP contribution is 2.35. The van der Waals surface area contributed by atoms with Gasteiger partial charge in [-0.3, -0.25) is 14.1 Å². The summed E-state index contributed by atoms with van der Waals surface area (Å²) in [6.07, 6.45) is 28.9. The predicted molar refractivity (Wildman–Crippen MR) is 142 cm³/mol. The summed E-state index contributed by atoms with van der Waals surface area (Å²) in [7, 11) is -4.72. The van der Waals surface area contributed by atoms with E-state index in [-0.39, 0.29) is 13.0 Å². The fourth-order valence-corrected chi connectivity index (χ4v) is 3.19. The molecule has 0 radical (unpaired) electrons. The number of esters is 2. The highest BCUT2D eigenvalue weighted by atomic mass is 31.2. The van der Waals surface area contributed by atoms with E-state index in [4.69, 9.17) is 19.3 Å². The molecule has 8 nitrogen and oxygen atoms in total. The molecule has 1 unspecified atom stereocenters. The summed E-state index contributed by atoms with van der Waals surface area (Å²) in [5, 5.41) is 0. The number of unbranched alkanes of at least 4 members (excludes halogenated alkanes) is 3. The lowest BCUT2D eigenvalue weighted by Crippen LogP contribution is -2.29. The van der Waals surface area contributed by atoms with Crippen LogP contribution in [0.1, 0.15) is 78.1 Å². The Bertz CT molecular complexity index is 777. The molecule has 36 heavy (non-hydrogen) atoms. The van der Waals surface area contributed by atoms with Crippen molar-refractivity contribution >= 4 is 19.8 Å². The van der Waals surface area contributed by atoms with Gasteiger partial charge in [0.15, 0.2) is 6.10 Å². The zero-order valence-electron chi connectivity index (χ0n) is 21.6. The van der Waals surface area contributed by atoms with Gasteiger partial charge in [0.2, 0.25) is 0 Å². The fourth-order valence-electron chi connectivity index (χ4n) is 2.83. The third-order valence-corrected chi connectivity index (χ3v) is 5.09. The van der Waals surface area contributed by atoms with Crippen molar-refractivity contribution in [2.24, 2.45) is 0 Å². The van der Waals surface area contributed by atoms with Crippen LogP contribution in [0.5, 0.6) is 0 Å². The third kappa shape index (κ3) is 26.4. The van der Waals surface area contributed by atoms with Gasteiger partial charge in [0.1, 0.15) is 6.61 Å². The normalized spacial score (nSPS) is 13.6. The van der Waals surface area contributed by atoms with Crippen LogP contribution in [-0.2, 0) is 28.2 Å². The Labute approximate surface area is 216 Å². The van der Waals surface area contributed by atoms with E-state index in [1.807, 2.05) is 0 Å². The zero-order chi connectivity index (χ0) is 26.9. The third-order valence-electron chi connectivity index (χ3n) is 4.61. The molecule has 204 valence electrons. The number of ether oxygens (including phenoxy) is 2. The fraction of sp³-hybridized carbons (Fsp3) is 0.556. The van der Waals surface area contributed by atoms with Crippen molar-refractivity contribution in [2.75, 3.05) is 13.2 Å². The van der Waals surface area contributed by atoms with Crippen LogP contribution in [-0.4, -0.2) is 41.0 Å². The average molecular weight is 527 g/mol. The lowest BCUT2D eigenvalue weighted by molar-refractivity contribution is -0.160. The first-order valence-corrected chi connectivity index (χ1v) is 14.1. The largest absolute Gasteiger partial charge is 0.469 e. The minimum atomic E-state index is -4.72. The van der Waals surface area contributed by atoms with Crippen molar-refractivity contribution in [3.8, 4) is 0 Å². The number of rotatable bonds is 21. The van der Waals surface area contributed by atoms with Crippen LogP contribution in [0, 0.1) is 0 Å². The van der Waals surface area contributed by atoms with Gasteiger partial charge in [-0.05, 0) is 51.4 Å². The van der Waals surface area contributed by atoms with Gasteiger partial charge in [0.05, 0.1) is 6.61 Å². The lowest BCUT2D eigenvalue weighted by atomic mass is 10.1. The molecule has 0 aromatic rings. The van der Waals surface area contributed by atoms with Gasteiger partial charge < -0.3 is 19.3 Å². The van der Waals surface area contributed by atoms with Crippen molar-refractivity contribution in [2.45, 2.75) is 84.2 Å². The zero-order valence-corrected chi connectivity index (χ0v) is 22.5. The summed E-state index contributed by atoms with van der Waals surface area (Å²) in [6, 6.07) is 0. The minimum absolute atomic E-state index is 0.165. The highest BCUT2D eigenvalue weighted by Gasteiger charge is 2.22. The molecule has 0 saturated carbocycles. The second-order valence-electron chi connectivity index (χ2n) is 8.01. The molecule has 0 aromatic heterocycles. The highest BCUT2D eigenvalue weighted by molar-refractivity contribution is 7.46. The van der Waals surface area contributed by atoms with Crippen molar-refractivity contribution in [1.82, 2.24) is 0 Å². The molecule has 0 heterocycles. The summed E-state index contributed by atoms with van der Waals surface area (Å²) in [4.78, 5) is 40.4. The minimum Gasteiger partial charge on any atom is -0.462 e. The second kappa shape index (κ2) is 23.2. The molecule has 0 spiro atoms. The maximum Gasteiger partial charge on any atom is 0.469 e. The summed E-state index contributed by atoms with van der Waals surface area (Å²) in [5.41, 5.74) is 0. The van der Waals surface area contributed by atoms with Crippen molar-refractivity contribution in [3.05, 3.63) is 60.8 Å². The van der Waals surface area contributed by atoms with Crippen LogP contribution in [0.3, 0.4) is 0 Å². The van der Waals surface area contributed by atoms with E-state index in [1.165, 1.54) is 6.92 Å². The smallest absolute Gasteiger partial charge is 0.462 e. The van der Waals surface area contributed by atoms with Gasteiger partial charge in [-0.2, -0.15) is 0 Å². The molecule has 0 amide bonds. The van der Waals surface area contributed by atoms with Crippen molar-refractivity contribution in [1.29, 1.82) is 0 Å². The summed E-state index contributed by atoms with van der Waals surface area (Å²) in [6.45, 7) is 2.42. The molecule has 0 rings (SSSR count). The van der Waals surface area contributed by atoms with E-state index < -0.39 is 32.5 Å². The Morgan fingerprint density at radius 2 is 1.31 bits per heavy atom. The number of carbonyl (C=O) groups is 2. The van der Waals surface area contributed by atoms with E-state index in [1.54, 1.807) is 0 Å². The van der Waals surface area contributed by atoms with E-state index >= 15 is 0 Å². The number of hydrogen-bond donors (Lipinski definition) is 2. The van der Waals surface area contributed by atoms with Gasteiger partial charge in [-0.15, -0.1) is 0 Å². The second-order valence-corrected chi connectivity index (χ2v) is 9.25. The molecule has 0 aliphatic carbocycles. The predicted octanol–water partition coefficient (Wildman–Crippen LogP) is 6.27. The molecule has 9 heteroatoms. The molecule has 0 aromatic carbocycles. The van der Waals surface area contributed by atoms with Crippen LogP contribution >= 0.6 is 7.82 Å². The Morgan fingerprint density at radius 3 is 1.81 bits per heavy atom. The maximum absolute atomic E-state index is 12.0. The summed E-state index contributed by atoms with van der Waals surface area (Å²) in [5.74, 6) is -1.13. The SMILES string of the molecule is CC/C=C\C/C=C\C/C=C\C/C=C\C/C=C\CCCCCC(=O)OC(COC(C)=O)COP(=O)(O)O. The molecule has 0 bridgehead atoms. The van der Waals surface area contributed by atoms with E-state index in [0.29, 0.717) is 6.42 Å².